The number of amides is 1. The molecule has 1 N–H and O–H groups in total. The summed E-state index contributed by atoms with van der Waals surface area (Å²) in [5, 5.41) is 3.08. The van der Waals surface area contributed by atoms with E-state index in [1.54, 1.807) is 0 Å². The lowest BCUT2D eigenvalue weighted by atomic mass is 10.0. The molecule has 0 aromatic carbocycles. The van der Waals surface area contributed by atoms with Gasteiger partial charge in [-0.2, -0.15) is 0 Å². The molecule has 1 aliphatic carbocycles. The van der Waals surface area contributed by atoms with E-state index in [4.69, 9.17) is 0 Å². The molecule has 2 heterocycles. The van der Waals surface area contributed by atoms with Crippen LogP contribution >= 0.6 is 0 Å². The molecule has 2 aliphatic rings. The standard InChI is InChI=1S/C17H26N4O/c1-12-19-14(11-16(18-2)20-12)15-8-5-9-21(15)17(22)10-13-6-3-4-7-13/h11,13,15H,3-10H2,1-2H3,(H,18,19,20). The normalized spacial score (nSPS) is 22.3. The van der Waals surface area contributed by atoms with Crippen LogP contribution in [0, 0.1) is 12.8 Å². The van der Waals surface area contributed by atoms with Crippen LogP contribution in [0.5, 0.6) is 0 Å². The molecule has 1 aromatic rings. The number of nitrogens with one attached hydrogen (secondary N) is 1. The molecule has 22 heavy (non-hydrogen) atoms. The van der Waals surface area contributed by atoms with Crippen molar-refractivity contribution in [3.63, 3.8) is 0 Å². The third kappa shape index (κ3) is 3.23. The lowest BCUT2D eigenvalue weighted by Gasteiger charge is -2.26. The lowest BCUT2D eigenvalue weighted by molar-refractivity contribution is -0.133. The highest BCUT2D eigenvalue weighted by Crippen LogP contribution is 2.34. The molecular formula is C17H26N4O. The van der Waals surface area contributed by atoms with Gasteiger partial charge in [-0.1, -0.05) is 12.8 Å². The molecule has 1 saturated carbocycles. The molecule has 2 fully saturated rings. The Bertz CT molecular complexity index is 539. The highest BCUT2D eigenvalue weighted by Gasteiger charge is 2.32. The Hall–Kier alpha value is -1.65. The van der Waals surface area contributed by atoms with Gasteiger partial charge in [0.15, 0.2) is 0 Å². The van der Waals surface area contributed by atoms with Crippen LogP contribution in [0.25, 0.3) is 0 Å². The fraction of sp³-hybridized carbons (Fsp3) is 0.706. The molecule has 1 unspecified atom stereocenters. The van der Waals surface area contributed by atoms with Crippen LogP contribution in [-0.2, 0) is 4.79 Å². The highest BCUT2D eigenvalue weighted by atomic mass is 16.2. The number of hydrogen-bond donors (Lipinski definition) is 1. The number of carbonyl (C=O) groups excluding carboxylic acids is 1. The zero-order valence-corrected chi connectivity index (χ0v) is 13.6. The summed E-state index contributed by atoms with van der Waals surface area (Å²) in [7, 11) is 1.86. The van der Waals surface area contributed by atoms with E-state index in [9.17, 15) is 4.79 Å². The molecule has 1 saturated heterocycles. The predicted molar refractivity (Wildman–Crippen MR) is 86.6 cm³/mol. The number of hydrogen-bond acceptors (Lipinski definition) is 4. The largest absolute Gasteiger partial charge is 0.373 e. The number of aromatic nitrogens is 2. The maximum atomic E-state index is 12.7. The smallest absolute Gasteiger partial charge is 0.223 e. The Morgan fingerprint density at radius 2 is 2.05 bits per heavy atom. The van der Waals surface area contributed by atoms with Crippen LogP contribution in [0.15, 0.2) is 6.07 Å². The van der Waals surface area contributed by atoms with Gasteiger partial charge >= 0.3 is 0 Å². The average Bonchev–Trinajstić information content (AvgIpc) is 3.17. The van der Waals surface area contributed by atoms with E-state index >= 15 is 0 Å². The average molecular weight is 302 g/mol. The van der Waals surface area contributed by atoms with E-state index in [2.05, 4.69) is 20.2 Å². The second-order valence-electron chi connectivity index (χ2n) is 6.58. The quantitative estimate of drug-likeness (QED) is 0.928. The van der Waals surface area contributed by atoms with Crippen LogP contribution < -0.4 is 5.32 Å². The van der Waals surface area contributed by atoms with Crippen molar-refractivity contribution in [3.8, 4) is 0 Å². The van der Waals surface area contributed by atoms with Crippen molar-refractivity contribution in [2.24, 2.45) is 5.92 Å². The number of likely N-dealkylation sites (tertiary alicyclic amines) is 1. The third-order valence-electron chi connectivity index (χ3n) is 4.97. The Kier molecular flexibility index (Phi) is 4.60. The van der Waals surface area contributed by atoms with Crippen molar-refractivity contribution in [2.45, 2.75) is 57.9 Å². The van der Waals surface area contributed by atoms with Gasteiger partial charge in [0.25, 0.3) is 0 Å². The Morgan fingerprint density at radius 3 is 2.77 bits per heavy atom. The molecule has 120 valence electrons. The first kappa shape index (κ1) is 15.3. The van der Waals surface area contributed by atoms with E-state index < -0.39 is 0 Å². The minimum Gasteiger partial charge on any atom is -0.373 e. The van der Waals surface area contributed by atoms with Crippen LogP contribution in [0.2, 0.25) is 0 Å². The Balaban J connectivity index is 1.74. The van der Waals surface area contributed by atoms with Crippen LogP contribution in [-0.4, -0.2) is 34.4 Å². The van der Waals surface area contributed by atoms with Gasteiger partial charge in [-0.3, -0.25) is 4.79 Å². The van der Waals surface area contributed by atoms with Crippen LogP contribution in [0.4, 0.5) is 5.82 Å². The van der Waals surface area contributed by atoms with Gasteiger partial charge < -0.3 is 10.2 Å². The Morgan fingerprint density at radius 1 is 1.27 bits per heavy atom. The van der Waals surface area contributed by atoms with Gasteiger partial charge in [0, 0.05) is 26.1 Å². The van der Waals surface area contributed by atoms with Crippen molar-refractivity contribution in [2.75, 3.05) is 18.9 Å². The topological polar surface area (TPSA) is 58.1 Å². The molecule has 1 amide bonds. The third-order valence-corrected chi connectivity index (χ3v) is 4.97. The van der Waals surface area contributed by atoms with E-state index in [0.29, 0.717) is 11.8 Å². The number of carbonyl (C=O) groups is 1. The molecule has 0 bridgehead atoms. The second-order valence-corrected chi connectivity index (χ2v) is 6.58. The first-order chi connectivity index (χ1) is 10.7. The Labute approximate surface area is 132 Å². The zero-order chi connectivity index (χ0) is 15.5. The first-order valence-corrected chi connectivity index (χ1v) is 8.50. The summed E-state index contributed by atoms with van der Waals surface area (Å²) >= 11 is 0. The minimum atomic E-state index is 0.128. The van der Waals surface area contributed by atoms with E-state index in [0.717, 1.165) is 43.1 Å². The van der Waals surface area contributed by atoms with E-state index in [1.165, 1.54) is 25.7 Å². The summed E-state index contributed by atoms with van der Waals surface area (Å²) in [6.45, 7) is 2.78. The molecule has 1 aliphatic heterocycles. The van der Waals surface area contributed by atoms with Crippen LogP contribution in [0.3, 0.4) is 0 Å². The molecule has 1 aromatic heterocycles. The summed E-state index contributed by atoms with van der Waals surface area (Å²) in [5.74, 6) is 2.51. The number of aryl methyl sites for hydroxylation is 1. The fourth-order valence-electron chi connectivity index (χ4n) is 3.84. The maximum Gasteiger partial charge on any atom is 0.223 e. The van der Waals surface area contributed by atoms with Gasteiger partial charge in [-0.15, -0.1) is 0 Å². The first-order valence-electron chi connectivity index (χ1n) is 8.50. The van der Waals surface area contributed by atoms with Gasteiger partial charge in [-0.05, 0) is 38.5 Å². The summed E-state index contributed by atoms with van der Waals surface area (Å²) in [5.41, 5.74) is 0.981. The van der Waals surface area contributed by atoms with Gasteiger partial charge in [-0.25, -0.2) is 9.97 Å². The predicted octanol–water partition coefficient (Wildman–Crippen LogP) is 3.07. The zero-order valence-electron chi connectivity index (χ0n) is 13.6. The summed E-state index contributed by atoms with van der Waals surface area (Å²) < 4.78 is 0. The summed E-state index contributed by atoms with van der Waals surface area (Å²) in [6, 6.07) is 2.11. The molecule has 0 spiro atoms. The molecular weight excluding hydrogens is 276 g/mol. The van der Waals surface area contributed by atoms with Crippen molar-refractivity contribution in [3.05, 3.63) is 17.6 Å². The molecule has 1 atom stereocenters. The van der Waals surface area contributed by atoms with Crippen LogP contribution in [0.1, 0.15) is 62.5 Å². The van der Waals surface area contributed by atoms with E-state index in [1.807, 2.05) is 20.0 Å². The van der Waals surface area contributed by atoms with Crippen molar-refractivity contribution < 1.29 is 4.79 Å². The summed E-state index contributed by atoms with van der Waals surface area (Å²) in [6.07, 6.45) is 7.83. The molecule has 5 nitrogen and oxygen atoms in total. The van der Waals surface area contributed by atoms with Gasteiger partial charge in [0.1, 0.15) is 11.6 Å². The number of nitrogens with zero attached hydrogens (tertiary/aromatic N) is 3. The molecule has 3 rings (SSSR count). The van der Waals surface area contributed by atoms with Gasteiger partial charge in [0.05, 0.1) is 11.7 Å². The van der Waals surface area contributed by atoms with E-state index in [-0.39, 0.29) is 6.04 Å². The number of rotatable bonds is 4. The number of anilines is 1. The lowest BCUT2D eigenvalue weighted by Crippen LogP contribution is -2.32. The highest BCUT2D eigenvalue weighted by molar-refractivity contribution is 5.77. The minimum absolute atomic E-state index is 0.128. The van der Waals surface area contributed by atoms with Crippen molar-refractivity contribution in [1.82, 2.24) is 14.9 Å². The molecule has 0 radical (unpaired) electrons. The summed E-state index contributed by atoms with van der Waals surface area (Å²) in [4.78, 5) is 23.7. The fourth-order valence-corrected chi connectivity index (χ4v) is 3.84. The monoisotopic (exact) mass is 302 g/mol. The van der Waals surface area contributed by atoms with Crippen molar-refractivity contribution >= 4 is 11.7 Å². The SMILES string of the molecule is CNc1cc(C2CCCN2C(=O)CC2CCCC2)nc(C)n1. The molecule has 5 heteroatoms. The van der Waals surface area contributed by atoms with Crippen molar-refractivity contribution in [1.29, 1.82) is 0 Å². The second kappa shape index (κ2) is 6.63. The van der Waals surface area contributed by atoms with Gasteiger partial charge in [0.2, 0.25) is 5.91 Å². The maximum absolute atomic E-state index is 12.7.